The fourth-order valence-electron chi connectivity index (χ4n) is 4.91. The molecular formula is C30H36ClN5O5S. The summed E-state index contributed by atoms with van der Waals surface area (Å²) in [7, 11) is -4.15. The number of aromatic nitrogens is 2. The van der Waals surface area contributed by atoms with E-state index in [1.165, 1.54) is 24.3 Å². The number of nitrogens with zero attached hydrogens (tertiary/aromatic N) is 3. The third-order valence-corrected chi connectivity index (χ3v) is 9.04. The average molecular weight is 614 g/mol. The van der Waals surface area contributed by atoms with Crippen molar-refractivity contribution in [1.82, 2.24) is 15.3 Å². The molecule has 2 amide bonds. The Morgan fingerprint density at radius 1 is 1.14 bits per heavy atom. The van der Waals surface area contributed by atoms with Crippen molar-refractivity contribution in [2.24, 2.45) is 0 Å². The summed E-state index contributed by atoms with van der Waals surface area (Å²) in [4.78, 5) is 24.1. The van der Waals surface area contributed by atoms with Crippen LogP contribution in [0.5, 0.6) is 0 Å². The maximum absolute atomic E-state index is 13.4. The van der Waals surface area contributed by atoms with E-state index in [9.17, 15) is 13.2 Å². The summed E-state index contributed by atoms with van der Waals surface area (Å²) in [6, 6.07) is 15.0. The Morgan fingerprint density at radius 3 is 2.50 bits per heavy atom. The molecule has 0 radical (unpaired) electrons. The lowest BCUT2D eigenvalue weighted by atomic mass is 9.95. The van der Waals surface area contributed by atoms with Crippen LogP contribution in [0.25, 0.3) is 11.4 Å². The first-order valence-corrected chi connectivity index (χ1v) is 16.0. The molecule has 42 heavy (non-hydrogen) atoms. The summed E-state index contributed by atoms with van der Waals surface area (Å²) in [5.74, 6) is 1.08. The lowest BCUT2D eigenvalue weighted by molar-refractivity contribution is 0.0793. The summed E-state index contributed by atoms with van der Waals surface area (Å²) < 4.78 is 38.5. The molecule has 2 fully saturated rings. The number of morpholine rings is 1. The lowest BCUT2D eigenvalue weighted by Crippen LogP contribution is -2.44. The van der Waals surface area contributed by atoms with Crippen molar-refractivity contribution in [1.29, 1.82) is 0 Å². The first-order valence-electron chi connectivity index (χ1n) is 14.2. The van der Waals surface area contributed by atoms with Crippen LogP contribution < -0.4 is 15.5 Å². The smallest absolute Gasteiger partial charge is 0.319 e. The second-order valence-electron chi connectivity index (χ2n) is 11.0. The van der Waals surface area contributed by atoms with Gasteiger partial charge < -0.3 is 20.3 Å². The minimum Gasteiger partial charge on any atom is -0.377 e. The van der Waals surface area contributed by atoms with E-state index in [2.05, 4.69) is 22.5 Å². The van der Waals surface area contributed by atoms with Gasteiger partial charge in [-0.2, -0.15) is 8.42 Å². The van der Waals surface area contributed by atoms with E-state index in [-0.39, 0.29) is 23.0 Å². The summed E-state index contributed by atoms with van der Waals surface area (Å²) in [6.45, 7) is 7.50. The van der Waals surface area contributed by atoms with E-state index < -0.39 is 15.7 Å². The minimum absolute atomic E-state index is 0.0133. The maximum Gasteiger partial charge on any atom is 0.319 e. The zero-order valence-electron chi connectivity index (χ0n) is 24.0. The van der Waals surface area contributed by atoms with E-state index >= 15 is 0 Å². The Kier molecular flexibility index (Phi) is 9.03. The first kappa shape index (κ1) is 30.2. The molecular weight excluding hydrogens is 578 g/mol. The van der Waals surface area contributed by atoms with E-state index in [0.29, 0.717) is 66.2 Å². The predicted molar refractivity (Wildman–Crippen MR) is 162 cm³/mol. The fourth-order valence-corrected chi connectivity index (χ4v) is 6.26. The molecule has 1 aliphatic carbocycles. The van der Waals surface area contributed by atoms with Crippen LogP contribution in [-0.2, 0) is 24.6 Å². The van der Waals surface area contributed by atoms with Crippen LogP contribution in [0.4, 0.5) is 16.3 Å². The highest BCUT2D eigenvalue weighted by atomic mass is 35.5. The third kappa shape index (κ3) is 7.20. The van der Waals surface area contributed by atoms with E-state index in [1.54, 1.807) is 19.1 Å². The third-order valence-electron chi connectivity index (χ3n) is 7.35. The number of carbonyl (C=O) groups is 1. The summed E-state index contributed by atoms with van der Waals surface area (Å²) >= 11 is 5.99. The Balaban J connectivity index is 1.52. The highest BCUT2D eigenvalue weighted by Gasteiger charge is 2.37. The molecule has 0 bridgehead atoms. The summed E-state index contributed by atoms with van der Waals surface area (Å²) in [6.07, 6.45) is 3.06. The van der Waals surface area contributed by atoms with Gasteiger partial charge in [0.05, 0.1) is 29.8 Å². The number of ether oxygens (including phenoxy) is 1. The molecule has 1 saturated heterocycles. The molecule has 224 valence electrons. The van der Waals surface area contributed by atoms with E-state index in [4.69, 9.17) is 30.5 Å². The summed E-state index contributed by atoms with van der Waals surface area (Å²) in [5, 5.41) is 6.19. The topological polar surface area (TPSA) is 123 Å². The van der Waals surface area contributed by atoms with Gasteiger partial charge in [0.1, 0.15) is 11.4 Å². The van der Waals surface area contributed by atoms with Crippen LogP contribution in [0, 0.1) is 0 Å². The number of nitrogens with one attached hydrogen (secondary N) is 2. The van der Waals surface area contributed by atoms with Gasteiger partial charge in [-0.25, -0.2) is 14.8 Å². The molecule has 1 unspecified atom stereocenters. The molecule has 0 spiro atoms. The molecule has 2 N–H and O–H groups in total. The van der Waals surface area contributed by atoms with Crippen molar-refractivity contribution in [3.63, 3.8) is 0 Å². The molecule has 1 aromatic heterocycles. The number of benzene rings is 2. The molecule has 1 aliphatic heterocycles. The largest absolute Gasteiger partial charge is 0.377 e. The minimum atomic E-state index is -4.15. The maximum atomic E-state index is 13.4. The van der Waals surface area contributed by atoms with Crippen LogP contribution >= 0.6 is 11.6 Å². The van der Waals surface area contributed by atoms with Crippen LogP contribution in [0.15, 0.2) is 59.5 Å². The lowest BCUT2D eigenvalue weighted by Gasteiger charge is -2.35. The van der Waals surface area contributed by atoms with Crippen molar-refractivity contribution < 1.29 is 22.1 Å². The number of anilines is 2. The second-order valence-corrected chi connectivity index (χ2v) is 13.0. The number of rotatable bonds is 10. The molecule has 5 rings (SSSR count). The Labute approximate surface area is 251 Å². The number of halogens is 1. The Bertz CT molecular complexity index is 1520. The number of carbonyl (C=O) groups excluding carboxylic acids is 1. The number of hydrogen-bond acceptors (Lipinski definition) is 8. The van der Waals surface area contributed by atoms with Crippen molar-refractivity contribution >= 4 is 39.3 Å². The van der Waals surface area contributed by atoms with Gasteiger partial charge in [-0.1, -0.05) is 24.9 Å². The monoisotopic (exact) mass is 613 g/mol. The molecule has 2 heterocycles. The van der Waals surface area contributed by atoms with Crippen LogP contribution in [0.2, 0.25) is 5.02 Å². The van der Waals surface area contributed by atoms with Gasteiger partial charge in [0.25, 0.3) is 10.1 Å². The Hall–Kier alpha value is -3.25. The van der Waals surface area contributed by atoms with Gasteiger partial charge in [-0.15, -0.1) is 0 Å². The first-order chi connectivity index (χ1) is 20.1. The van der Waals surface area contributed by atoms with Crippen molar-refractivity contribution in [3.05, 3.63) is 65.3 Å². The molecule has 12 heteroatoms. The number of urea groups is 1. The highest BCUT2D eigenvalue weighted by molar-refractivity contribution is 7.86. The molecule has 3 aromatic rings. The normalized spacial score (nSPS) is 18.8. The number of hydrogen-bond donors (Lipinski definition) is 2. The van der Waals surface area contributed by atoms with Crippen LogP contribution in [0.1, 0.15) is 52.1 Å². The van der Waals surface area contributed by atoms with Crippen LogP contribution in [-0.4, -0.2) is 56.3 Å². The predicted octanol–water partition coefficient (Wildman–Crippen LogP) is 5.73. The standard InChI is InChI=1S/C30H36ClN5O5S/c1-4-15-30(3,41-42(38,39)25-13-7-22(31)8-14-25)26-18-27(36-16-17-40-19-20(36)2)35-28(34-26)21-5-9-23(10-6-21)32-29(37)33-24-11-12-24/h5-10,13-14,18,20,24H,4,11-12,15-17,19H2,1-3H3,(H2,32,33,37)/t20-,30?/m0/s1. The zero-order valence-corrected chi connectivity index (χ0v) is 25.5. The van der Waals surface area contributed by atoms with E-state index in [1.807, 2.05) is 25.1 Å². The van der Waals surface area contributed by atoms with Crippen molar-refractivity contribution in [2.45, 2.75) is 69.0 Å². The van der Waals surface area contributed by atoms with Gasteiger partial charge in [-0.3, -0.25) is 4.18 Å². The quantitative estimate of drug-likeness (QED) is 0.278. The van der Waals surface area contributed by atoms with Gasteiger partial charge in [0, 0.05) is 34.9 Å². The van der Waals surface area contributed by atoms with Gasteiger partial charge >= 0.3 is 6.03 Å². The molecule has 1 saturated carbocycles. The fraction of sp³-hybridized carbons (Fsp3) is 0.433. The summed E-state index contributed by atoms with van der Waals surface area (Å²) in [5.41, 5.74) is 0.527. The van der Waals surface area contributed by atoms with Crippen molar-refractivity contribution in [2.75, 3.05) is 30.0 Å². The molecule has 2 aliphatic rings. The SMILES string of the molecule is CCCC(C)(OS(=O)(=O)c1ccc(Cl)cc1)c1cc(N2CCOC[C@@H]2C)nc(-c2ccc(NC(=O)NC3CC3)cc2)n1. The van der Waals surface area contributed by atoms with Gasteiger partial charge in [0.15, 0.2) is 5.82 Å². The van der Waals surface area contributed by atoms with Gasteiger partial charge in [-0.05, 0) is 81.6 Å². The van der Waals surface area contributed by atoms with E-state index in [0.717, 1.165) is 12.8 Å². The van der Waals surface area contributed by atoms with Crippen molar-refractivity contribution in [3.8, 4) is 11.4 Å². The molecule has 2 aromatic carbocycles. The number of amides is 2. The average Bonchev–Trinajstić information content (AvgIpc) is 3.77. The Morgan fingerprint density at radius 2 is 1.86 bits per heavy atom. The molecule has 10 nitrogen and oxygen atoms in total. The molecule has 2 atom stereocenters. The second kappa shape index (κ2) is 12.5. The highest BCUT2D eigenvalue weighted by Crippen LogP contribution is 2.36. The zero-order chi connectivity index (χ0) is 29.9. The van der Waals surface area contributed by atoms with Crippen LogP contribution in [0.3, 0.4) is 0 Å². The van der Waals surface area contributed by atoms with Gasteiger partial charge in [0.2, 0.25) is 0 Å².